The molecule has 2 aromatic carbocycles. The highest BCUT2D eigenvalue weighted by molar-refractivity contribution is 5.95. The van der Waals surface area contributed by atoms with Gasteiger partial charge in [0.05, 0.1) is 25.5 Å². The van der Waals surface area contributed by atoms with Crippen LogP contribution in [0.3, 0.4) is 0 Å². The summed E-state index contributed by atoms with van der Waals surface area (Å²) in [5.74, 6) is 1.92. The van der Waals surface area contributed by atoms with Crippen molar-refractivity contribution in [1.82, 2.24) is 15.3 Å². The minimum Gasteiger partial charge on any atom is -0.497 e. The Kier molecular flexibility index (Phi) is 5.66. The van der Waals surface area contributed by atoms with Gasteiger partial charge in [0, 0.05) is 18.3 Å². The number of ether oxygens (including phenoxy) is 2. The molecule has 3 aromatic rings. The quantitative estimate of drug-likeness (QED) is 0.727. The highest BCUT2D eigenvalue weighted by atomic mass is 16.5. The second-order valence-corrected chi connectivity index (χ2v) is 5.95. The SMILES string of the molecule is COc1ccc(CNC(=O)c2cnc(-c3ccc(OC)cc3)nc2C)cc1. The predicted octanol–water partition coefficient (Wildman–Crippen LogP) is 3.40. The number of hydrogen-bond donors (Lipinski definition) is 1. The first-order valence-electron chi connectivity index (χ1n) is 8.50. The van der Waals surface area contributed by atoms with Gasteiger partial charge in [0.25, 0.3) is 5.91 Å². The van der Waals surface area contributed by atoms with Crippen molar-refractivity contribution in [2.45, 2.75) is 13.5 Å². The fourth-order valence-electron chi connectivity index (χ4n) is 2.59. The molecule has 0 saturated heterocycles. The van der Waals surface area contributed by atoms with E-state index in [-0.39, 0.29) is 5.91 Å². The van der Waals surface area contributed by atoms with Crippen molar-refractivity contribution in [2.75, 3.05) is 14.2 Å². The number of carbonyl (C=O) groups is 1. The molecule has 0 spiro atoms. The Bertz CT molecular complexity index is 922. The van der Waals surface area contributed by atoms with Gasteiger partial charge in [0.2, 0.25) is 0 Å². The third-order valence-electron chi connectivity index (χ3n) is 4.18. The monoisotopic (exact) mass is 363 g/mol. The Morgan fingerprint density at radius 2 is 1.56 bits per heavy atom. The molecule has 0 atom stereocenters. The standard InChI is InChI=1S/C21H21N3O3/c1-14-19(21(25)23-12-15-4-8-17(26-2)9-5-15)13-22-20(24-14)16-6-10-18(27-3)11-7-16/h4-11,13H,12H2,1-3H3,(H,23,25). The number of amides is 1. The van der Waals surface area contributed by atoms with Gasteiger partial charge < -0.3 is 14.8 Å². The van der Waals surface area contributed by atoms with Crippen molar-refractivity contribution >= 4 is 5.91 Å². The van der Waals surface area contributed by atoms with E-state index in [9.17, 15) is 4.79 Å². The summed E-state index contributed by atoms with van der Waals surface area (Å²) in [6.07, 6.45) is 1.56. The van der Waals surface area contributed by atoms with Crippen LogP contribution < -0.4 is 14.8 Å². The van der Waals surface area contributed by atoms with Crippen molar-refractivity contribution in [2.24, 2.45) is 0 Å². The smallest absolute Gasteiger partial charge is 0.254 e. The zero-order chi connectivity index (χ0) is 19.2. The number of hydrogen-bond acceptors (Lipinski definition) is 5. The lowest BCUT2D eigenvalue weighted by Gasteiger charge is -2.09. The number of benzene rings is 2. The van der Waals surface area contributed by atoms with Crippen LogP contribution in [0, 0.1) is 6.92 Å². The lowest BCUT2D eigenvalue weighted by atomic mass is 10.1. The molecule has 27 heavy (non-hydrogen) atoms. The highest BCUT2D eigenvalue weighted by Crippen LogP contribution is 2.20. The molecular formula is C21H21N3O3. The Hall–Kier alpha value is -3.41. The van der Waals surface area contributed by atoms with Gasteiger partial charge in [-0.25, -0.2) is 9.97 Å². The van der Waals surface area contributed by atoms with Gasteiger partial charge in [-0.2, -0.15) is 0 Å². The van der Waals surface area contributed by atoms with E-state index in [0.717, 1.165) is 22.6 Å². The van der Waals surface area contributed by atoms with E-state index in [1.165, 1.54) is 0 Å². The molecule has 0 aliphatic carbocycles. The Morgan fingerprint density at radius 3 is 2.11 bits per heavy atom. The van der Waals surface area contributed by atoms with Gasteiger partial charge in [0.15, 0.2) is 5.82 Å². The largest absolute Gasteiger partial charge is 0.497 e. The van der Waals surface area contributed by atoms with Crippen LogP contribution in [0.2, 0.25) is 0 Å². The van der Waals surface area contributed by atoms with Crippen LogP contribution in [-0.2, 0) is 6.54 Å². The van der Waals surface area contributed by atoms with E-state index < -0.39 is 0 Å². The number of nitrogens with one attached hydrogen (secondary N) is 1. The minimum absolute atomic E-state index is 0.204. The summed E-state index contributed by atoms with van der Waals surface area (Å²) in [7, 11) is 3.24. The van der Waals surface area contributed by atoms with Crippen LogP contribution in [-0.4, -0.2) is 30.1 Å². The van der Waals surface area contributed by atoms with Crippen molar-refractivity contribution in [3.8, 4) is 22.9 Å². The first-order valence-corrected chi connectivity index (χ1v) is 8.50. The number of carbonyl (C=O) groups excluding carboxylic acids is 1. The van der Waals surface area contributed by atoms with E-state index in [2.05, 4.69) is 15.3 Å². The molecule has 1 aromatic heterocycles. The molecule has 1 heterocycles. The molecule has 3 rings (SSSR count). The fourth-order valence-corrected chi connectivity index (χ4v) is 2.59. The Morgan fingerprint density at radius 1 is 0.963 bits per heavy atom. The molecule has 0 fully saturated rings. The lowest BCUT2D eigenvalue weighted by Crippen LogP contribution is -2.24. The Labute approximate surface area is 158 Å². The first kappa shape index (κ1) is 18.4. The lowest BCUT2D eigenvalue weighted by molar-refractivity contribution is 0.0949. The van der Waals surface area contributed by atoms with Crippen LogP contribution in [0.5, 0.6) is 11.5 Å². The van der Waals surface area contributed by atoms with Crippen LogP contribution in [0.4, 0.5) is 0 Å². The van der Waals surface area contributed by atoms with E-state index in [4.69, 9.17) is 9.47 Å². The summed E-state index contributed by atoms with van der Waals surface area (Å²) in [4.78, 5) is 21.3. The molecule has 0 saturated carbocycles. The molecule has 138 valence electrons. The van der Waals surface area contributed by atoms with Gasteiger partial charge in [-0.05, 0) is 48.9 Å². The maximum Gasteiger partial charge on any atom is 0.254 e. The average molecular weight is 363 g/mol. The number of aryl methyl sites for hydroxylation is 1. The molecular weight excluding hydrogens is 342 g/mol. The summed E-state index contributed by atoms with van der Waals surface area (Å²) in [5, 5.41) is 2.89. The molecule has 1 N–H and O–H groups in total. The number of rotatable bonds is 6. The minimum atomic E-state index is -0.204. The number of nitrogens with zero attached hydrogens (tertiary/aromatic N) is 2. The molecule has 0 radical (unpaired) electrons. The topological polar surface area (TPSA) is 73.3 Å². The fraction of sp³-hybridized carbons (Fsp3) is 0.190. The molecule has 0 unspecified atom stereocenters. The van der Waals surface area contributed by atoms with Crippen LogP contribution in [0.15, 0.2) is 54.7 Å². The molecule has 0 aliphatic heterocycles. The van der Waals surface area contributed by atoms with Crippen LogP contribution >= 0.6 is 0 Å². The van der Waals surface area contributed by atoms with E-state index in [1.807, 2.05) is 48.5 Å². The number of aromatic nitrogens is 2. The molecule has 0 aliphatic rings. The first-order chi connectivity index (χ1) is 13.1. The summed E-state index contributed by atoms with van der Waals surface area (Å²) in [5.41, 5.74) is 2.94. The van der Waals surface area contributed by atoms with Gasteiger partial charge >= 0.3 is 0 Å². The molecule has 6 heteroatoms. The highest BCUT2D eigenvalue weighted by Gasteiger charge is 2.12. The van der Waals surface area contributed by atoms with Crippen molar-refractivity contribution < 1.29 is 14.3 Å². The maximum absolute atomic E-state index is 12.5. The van der Waals surface area contributed by atoms with Gasteiger partial charge in [0.1, 0.15) is 11.5 Å². The molecule has 6 nitrogen and oxygen atoms in total. The normalized spacial score (nSPS) is 10.3. The van der Waals surface area contributed by atoms with Crippen molar-refractivity contribution in [3.05, 3.63) is 71.5 Å². The van der Waals surface area contributed by atoms with Gasteiger partial charge in [-0.3, -0.25) is 4.79 Å². The zero-order valence-corrected chi connectivity index (χ0v) is 15.5. The van der Waals surface area contributed by atoms with Gasteiger partial charge in [-0.15, -0.1) is 0 Å². The van der Waals surface area contributed by atoms with Crippen molar-refractivity contribution in [1.29, 1.82) is 0 Å². The third kappa shape index (κ3) is 4.41. The summed E-state index contributed by atoms with van der Waals surface area (Å²) >= 11 is 0. The third-order valence-corrected chi connectivity index (χ3v) is 4.18. The van der Waals surface area contributed by atoms with E-state index >= 15 is 0 Å². The summed E-state index contributed by atoms with van der Waals surface area (Å²) in [6.45, 7) is 2.22. The van der Waals surface area contributed by atoms with Crippen LogP contribution in [0.1, 0.15) is 21.6 Å². The molecule has 1 amide bonds. The Balaban J connectivity index is 1.69. The second-order valence-electron chi connectivity index (χ2n) is 5.95. The average Bonchev–Trinajstić information content (AvgIpc) is 2.72. The van der Waals surface area contributed by atoms with E-state index in [0.29, 0.717) is 23.6 Å². The van der Waals surface area contributed by atoms with Gasteiger partial charge in [-0.1, -0.05) is 12.1 Å². The van der Waals surface area contributed by atoms with Crippen molar-refractivity contribution in [3.63, 3.8) is 0 Å². The summed E-state index contributed by atoms with van der Waals surface area (Å²) in [6, 6.07) is 15.0. The van der Waals surface area contributed by atoms with E-state index in [1.54, 1.807) is 27.3 Å². The number of methoxy groups -OCH3 is 2. The molecule has 0 bridgehead atoms. The predicted molar refractivity (Wildman–Crippen MR) is 103 cm³/mol. The summed E-state index contributed by atoms with van der Waals surface area (Å²) < 4.78 is 10.3. The maximum atomic E-state index is 12.5. The zero-order valence-electron chi connectivity index (χ0n) is 15.5. The van der Waals surface area contributed by atoms with Crippen LogP contribution in [0.25, 0.3) is 11.4 Å². The second kappa shape index (κ2) is 8.31.